The molecule has 2 unspecified atom stereocenters. The summed E-state index contributed by atoms with van der Waals surface area (Å²) in [6.45, 7) is 2.31. The molecule has 0 radical (unpaired) electrons. The van der Waals surface area contributed by atoms with Crippen LogP contribution in [0.25, 0.3) is 0 Å². The predicted molar refractivity (Wildman–Crippen MR) is 86.7 cm³/mol. The maximum Gasteiger partial charge on any atom is 0.0465 e. The molecule has 3 aliphatic carbocycles. The average Bonchev–Trinajstić information content (AvgIpc) is 3.21. The molecule has 0 bridgehead atoms. The monoisotopic (exact) mass is 282 g/mol. The molecular formula is C19H26N2. The van der Waals surface area contributed by atoms with Gasteiger partial charge in [0, 0.05) is 30.8 Å². The Hall–Kier alpha value is -0.890. The van der Waals surface area contributed by atoms with Crippen molar-refractivity contribution in [3.8, 4) is 0 Å². The Kier molecular flexibility index (Phi) is 2.74. The first-order valence-corrected chi connectivity index (χ1v) is 8.98. The third-order valence-corrected chi connectivity index (χ3v) is 6.49. The van der Waals surface area contributed by atoms with Gasteiger partial charge in [0.05, 0.1) is 0 Å². The molecule has 2 atom stereocenters. The molecule has 1 fully saturated rings. The maximum absolute atomic E-state index is 4.87. The van der Waals surface area contributed by atoms with E-state index in [-0.39, 0.29) is 0 Å². The fourth-order valence-corrected chi connectivity index (χ4v) is 5.18. The Labute approximate surface area is 128 Å². The van der Waals surface area contributed by atoms with Crippen molar-refractivity contribution < 1.29 is 0 Å². The van der Waals surface area contributed by atoms with Gasteiger partial charge in [-0.1, -0.05) is 18.4 Å². The summed E-state index contributed by atoms with van der Waals surface area (Å²) < 4.78 is 0. The van der Waals surface area contributed by atoms with Crippen molar-refractivity contribution in [2.24, 2.45) is 16.8 Å². The lowest BCUT2D eigenvalue weighted by atomic mass is 9.71. The molecule has 2 aliphatic heterocycles. The number of likely N-dealkylation sites (N-methyl/N-ethyl adjacent to an activating group) is 1. The molecule has 5 rings (SSSR count). The normalized spacial score (nSPS) is 35.8. The Bertz CT molecular complexity index is 576. The Morgan fingerprint density at radius 1 is 1.14 bits per heavy atom. The second kappa shape index (κ2) is 4.55. The molecule has 5 aliphatic rings. The van der Waals surface area contributed by atoms with Crippen molar-refractivity contribution in [1.29, 1.82) is 0 Å². The highest BCUT2D eigenvalue weighted by Crippen LogP contribution is 2.48. The van der Waals surface area contributed by atoms with Gasteiger partial charge in [-0.05, 0) is 68.2 Å². The van der Waals surface area contributed by atoms with E-state index in [1.807, 2.05) is 5.57 Å². The van der Waals surface area contributed by atoms with E-state index in [1.165, 1.54) is 63.6 Å². The van der Waals surface area contributed by atoms with Crippen molar-refractivity contribution in [3.63, 3.8) is 0 Å². The summed E-state index contributed by atoms with van der Waals surface area (Å²) in [7, 11) is 2.36. The zero-order valence-corrected chi connectivity index (χ0v) is 13.2. The average molecular weight is 282 g/mol. The first kappa shape index (κ1) is 12.6. The van der Waals surface area contributed by atoms with Crippen LogP contribution in [0.4, 0.5) is 0 Å². The van der Waals surface area contributed by atoms with Gasteiger partial charge in [0.2, 0.25) is 0 Å². The second-order valence-corrected chi connectivity index (χ2v) is 7.97. The fourth-order valence-electron chi connectivity index (χ4n) is 5.18. The van der Waals surface area contributed by atoms with Gasteiger partial charge >= 0.3 is 0 Å². The Balaban J connectivity index is 1.49. The third kappa shape index (κ3) is 1.98. The molecule has 2 nitrogen and oxygen atoms in total. The van der Waals surface area contributed by atoms with Crippen LogP contribution in [-0.2, 0) is 0 Å². The number of aliphatic imine (C=N–C) groups is 1. The number of rotatable bonds is 2. The van der Waals surface area contributed by atoms with Gasteiger partial charge < -0.3 is 0 Å². The largest absolute Gasteiger partial charge is 0.299 e. The van der Waals surface area contributed by atoms with Crippen molar-refractivity contribution >= 4 is 5.71 Å². The summed E-state index contributed by atoms with van der Waals surface area (Å²) in [5, 5.41) is 0. The van der Waals surface area contributed by atoms with Gasteiger partial charge in [0.25, 0.3) is 0 Å². The molecular weight excluding hydrogens is 256 g/mol. The molecule has 0 spiro atoms. The van der Waals surface area contributed by atoms with Crippen molar-refractivity contribution in [2.75, 3.05) is 20.1 Å². The van der Waals surface area contributed by atoms with E-state index in [0.717, 1.165) is 24.4 Å². The van der Waals surface area contributed by atoms with E-state index in [2.05, 4.69) is 11.9 Å². The number of hydrogen-bond donors (Lipinski definition) is 0. The lowest BCUT2D eigenvalue weighted by molar-refractivity contribution is 0.219. The molecule has 1 saturated carbocycles. The van der Waals surface area contributed by atoms with Gasteiger partial charge in [-0.15, -0.1) is 0 Å². The van der Waals surface area contributed by atoms with E-state index in [1.54, 1.807) is 16.7 Å². The van der Waals surface area contributed by atoms with Gasteiger partial charge in [-0.2, -0.15) is 0 Å². The summed E-state index contributed by atoms with van der Waals surface area (Å²) in [5.41, 5.74) is 8.48. The molecule has 2 heterocycles. The van der Waals surface area contributed by atoms with Crippen LogP contribution >= 0.6 is 0 Å². The third-order valence-electron chi connectivity index (χ3n) is 6.49. The zero-order chi connectivity index (χ0) is 14.0. The number of nitrogens with zero attached hydrogens (tertiary/aromatic N) is 2. The minimum Gasteiger partial charge on any atom is -0.299 e. The van der Waals surface area contributed by atoms with Crippen LogP contribution < -0.4 is 0 Å². The smallest absolute Gasteiger partial charge is 0.0465 e. The first-order chi connectivity index (χ1) is 10.3. The van der Waals surface area contributed by atoms with Crippen molar-refractivity contribution in [2.45, 2.75) is 57.4 Å². The highest BCUT2D eigenvalue weighted by Gasteiger charge is 2.40. The topological polar surface area (TPSA) is 15.6 Å². The van der Waals surface area contributed by atoms with Crippen LogP contribution in [0.1, 0.15) is 51.4 Å². The standard InChI is InChI=1S/C19H26N2/c1-21-11-17-13(9-15(21)7-12-5-6-12)8-14-10-20-18-4-2-3-16(17)19(14)18/h12,14-15H,2-11H2,1H3. The molecule has 21 heavy (non-hydrogen) atoms. The van der Waals surface area contributed by atoms with E-state index in [9.17, 15) is 0 Å². The summed E-state index contributed by atoms with van der Waals surface area (Å²) in [5.74, 6) is 1.81. The Morgan fingerprint density at radius 3 is 2.90 bits per heavy atom. The summed E-state index contributed by atoms with van der Waals surface area (Å²) >= 11 is 0. The van der Waals surface area contributed by atoms with Crippen LogP contribution in [0.15, 0.2) is 27.3 Å². The highest BCUT2D eigenvalue weighted by molar-refractivity contribution is 6.04. The summed E-state index contributed by atoms with van der Waals surface area (Å²) in [6.07, 6.45) is 11.0. The van der Waals surface area contributed by atoms with E-state index < -0.39 is 0 Å². The van der Waals surface area contributed by atoms with Crippen LogP contribution in [-0.4, -0.2) is 36.8 Å². The van der Waals surface area contributed by atoms with Crippen LogP contribution in [0.2, 0.25) is 0 Å². The molecule has 0 amide bonds. The highest BCUT2D eigenvalue weighted by atomic mass is 15.1. The van der Waals surface area contributed by atoms with Gasteiger partial charge in [-0.3, -0.25) is 9.89 Å². The molecule has 0 aromatic rings. The minimum absolute atomic E-state index is 0.763. The van der Waals surface area contributed by atoms with Crippen LogP contribution in [0.5, 0.6) is 0 Å². The van der Waals surface area contributed by atoms with Gasteiger partial charge in [-0.25, -0.2) is 0 Å². The summed E-state index contributed by atoms with van der Waals surface area (Å²) in [4.78, 5) is 7.53. The molecule has 112 valence electrons. The molecule has 0 saturated heterocycles. The quantitative estimate of drug-likeness (QED) is 0.753. The van der Waals surface area contributed by atoms with E-state index in [0.29, 0.717) is 0 Å². The molecule has 0 aromatic carbocycles. The predicted octanol–water partition coefficient (Wildman–Crippen LogP) is 3.74. The van der Waals surface area contributed by atoms with Gasteiger partial charge in [0.15, 0.2) is 0 Å². The van der Waals surface area contributed by atoms with Crippen molar-refractivity contribution in [3.05, 3.63) is 22.3 Å². The second-order valence-electron chi connectivity index (χ2n) is 7.97. The lowest BCUT2D eigenvalue weighted by Gasteiger charge is -2.41. The van der Waals surface area contributed by atoms with Crippen LogP contribution in [0, 0.1) is 11.8 Å². The minimum atomic E-state index is 0.763. The van der Waals surface area contributed by atoms with E-state index >= 15 is 0 Å². The van der Waals surface area contributed by atoms with Crippen LogP contribution in [0.3, 0.4) is 0 Å². The maximum atomic E-state index is 4.87. The SMILES string of the molecule is CN1CC2=C(CC3CN=C4CCCC2=C43)CC1CC1CC1. The number of fused-ring (bicyclic) bond motifs is 1. The lowest BCUT2D eigenvalue weighted by Crippen LogP contribution is -2.40. The fraction of sp³-hybridized carbons (Fsp3) is 0.737. The zero-order valence-electron chi connectivity index (χ0n) is 13.2. The summed E-state index contributed by atoms with van der Waals surface area (Å²) in [6, 6.07) is 0.823. The molecule has 0 N–H and O–H groups in total. The molecule has 0 aromatic heterocycles. The van der Waals surface area contributed by atoms with E-state index in [4.69, 9.17) is 4.99 Å². The number of hydrogen-bond acceptors (Lipinski definition) is 2. The Morgan fingerprint density at radius 2 is 2.05 bits per heavy atom. The molecule has 2 heteroatoms. The first-order valence-electron chi connectivity index (χ1n) is 8.98. The van der Waals surface area contributed by atoms with Gasteiger partial charge in [0.1, 0.15) is 0 Å². The van der Waals surface area contributed by atoms with Crippen molar-refractivity contribution in [1.82, 2.24) is 4.90 Å².